The topological polar surface area (TPSA) is 77.3 Å². The molecule has 2 aromatic heterocycles. The molecule has 0 spiro atoms. The van der Waals surface area contributed by atoms with E-state index in [0.29, 0.717) is 25.7 Å². The van der Waals surface area contributed by atoms with Crippen LogP contribution >= 0.6 is 0 Å². The smallest absolute Gasteiger partial charge is 0.227 e. The number of likely N-dealkylation sites (tertiary alicyclic amines) is 1. The zero-order valence-electron chi connectivity index (χ0n) is 17.5. The number of imidazole rings is 1. The summed E-state index contributed by atoms with van der Waals surface area (Å²) in [6.07, 6.45) is 9.16. The normalized spacial score (nSPS) is 18.2. The van der Waals surface area contributed by atoms with Crippen molar-refractivity contribution in [3.63, 3.8) is 0 Å². The molecule has 8 heteroatoms. The summed E-state index contributed by atoms with van der Waals surface area (Å²) in [7, 11) is -1.74. The third kappa shape index (κ3) is 5.65. The van der Waals surface area contributed by atoms with E-state index in [1.165, 1.54) is 19.3 Å². The fraction of sp³-hybridized carbons (Fsp3) is 0.619. The number of ether oxygens (including phenoxy) is 1. The van der Waals surface area contributed by atoms with Crippen LogP contribution in [-0.2, 0) is 34.1 Å². The van der Waals surface area contributed by atoms with Crippen molar-refractivity contribution >= 4 is 9.84 Å². The molecule has 160 valence electrons. The van der Waals surface area contributed by atoms with Crippen LogP contribution in [0.5, 0.6) is 0 Å². The maximum Gasteiger partial charge on any atom is 0.227 e. The van der Waals surface area contributed by atoms with Crippen LogP contribution in [0.1, 0.15) is 44.0 Å². The summed E-state index contributed by atoms with van der Waals surface area (Å²) in [4.78, 5) is 11.2. The predicted molar refractivity (Wildman–Crippen MR) is 112 cm³/mol. The Morgan fingerprint density at radius 3 is 2.83 bits per heavy atom. The number of sulfone groups is 1. The molecular weight excluding hydrogens is 388 g/mol. The van der Waals surface area contributed by atoms with Crippen LogP contribution in [-0.4, -0.2) is 59.9 Å². The maximum atomic E-state index is 12.5. The number of nitrogens with zero attached hydrogens (tertiary/aromatic N) is 4. The minimum atomic E-state index is -3.37. The zero-order chi connectivity index (χ0) is 20.7. The number of piperidine rings is 1. The van der Waals surface area contributed by atoms with E-state index < -0.39 is 9.84 Å². The Labute approximate surface area is 174 Å². The SMILES string of the molecule is CCS(=O)(=O)c1ncc(CN2CCCCC2CCc2ccccn2)n1CCOC. The average molecular weight is 421 g/mol. The average Bonchev–Trinajstić information content (AvgIpc) is 3.15. The van der Waals surface area contributed by atoms with Gasteiger partial charge in [0.15, 0.2) is 0 Å². The molecule has 1 atom stereocenters. The lowest BCUT2D eigenvalue weighted by molar-refractivity contribution is 0.126. The van der Waals surface area contributed by atoms with Crippen LogP contribution in [0.2, 0.25) is 0 Å². The molecule has 0 aromatic carbocycles. The van der Waals surface area contributed by atoms with Crippen LogP contribution < -0.4 is 0 Å². The van der Waals surface area contributed by atoms with Crippen LogP contribution in [0.3, 0.4) is 0 Å². The van der Waals surface area contributed by atoms with Gasteiger partial charge in [-0.2, -0.15) is 0 Å². The lowest BCUT2D eigenvalue weighted by atomic mass is 9.97. The number of hydrogen-bond acceptors (Lipinski definition) is 6. The summed E-state index contributed by atoms with van der Waals surface area (Å²) < 4.78 is 32.0. The van der Waals surface area contributed by atoms with Gasteiger partial charge in [-0.15, -0.1) is 0 Å². The Balaban J connectivity index is 1.75. The first-order chi connectivity index (χ1) is 14.0. The minimum Gasteiger partial charge on any atom is -0.383 e. The molecule has 0 amide bonds. The van der Waals surface area contributed by atoms with Crippen molar-refractivity contribution in [1.82, 2.24) is 19.4 Å². The molecule has 3 rings (SSSR count). The highest BCUT2D eigenvalue weighted by molar-refractivity contribution is 7.91. The van der Waals surface area contributed by atoms with Gasteiger partial charge in [0.2, 0.25) is 15.0 Å². The molecular formula is C21H32N4O3S. The third-order valence-corrected chi connectivity index (χ3v) is 7.30. The summed E-state index contributed by atoms with van der Waals surface area (Å²) >= 11 is 0. The molecule has 1 aliphatic rings. The number of pyridine rings is 1. The minimum absolute atomic E-state index is 0.0485. The van der Waals surface area contributed by atoms with Crippen molar-refractivity contribution in [2.45, 2.75) is 63.3 Å². The molecule has 0 aliphatic carbocycles. The van der Waals surface area contributed by atoms with Gasteiger partial charge in [-0.05, 0) is 44.4 Å². The Morgan fingerprint density at radius 2 is 2.10 bits per heavy atom. The standard InChI is InChI=1S/C21H32N4O3S/c1-3-29(26,27)21-23-16-20(25(21)14-15-28-2)17-24-13-7-5-9-19(24)11-10-18-8-4-6-12-22-18/h4,6,8,12,16,19H,3,5,7,9-11,13-15,17H2,1-2H3. The molecule has 1 unspecified atom stereocenters. The lowest BCUT2D eigenvalue weighted by Gasteiger charge is -2.36. The summed E-state index contributed by atoms with van der Waals surface area (Å²) in [6, 6.07) is 6.53. The number of aromatic nitrogens is 3. The van der Waals surface area contributed by atoms with Crippen molar-refractivity contribution in [3.05, 3.63) is 42.0 Å². The molecule has 1 aliphatic heterocycles. The molecule has 29 heavy (non-hydrogen) atoms. The highest BCUT2D eigenvalue weighted by Gasteiger charge is 2.26. The predicted octanol–water partition coefficient (Wildman–Crippen LogP) is 2.71. The van der Waals surface area contributed by atoms with Gasteiger partial charge < -0.3 is 9.30 Å². The van der Waals surface area contributed by atoms with E-state index >= 15 is 0 Å². The number of rotatable bonds is 10. The Bertz CT molecular complexity index is 867. The van der Waals surface area contributed by atoms with Gasteiger partial charge in [0, 0.05) is 38.1 Å². The van der Waals surface area contributed by atoms with Crippen molar-refractivity contribution < 1.29 is 13.2 Å². The number of methoxy groups -OCH3 is 1. The fourth-order valence-electron chi connectivity index (χ4n) is 3.98. The van der Waals surface area contributed by atoms with Crippen LogP contribution in [0.25, 0.3) is 0 Å². The second-order valence-electron chi connectivity index (χ2n) is 7.56. The Morgan fingerprint density at radius 1 is 1.24 bits per heavy atom. The van der Waals surface area contributed by atoms with Crippen LogP contribution in [0.15, 0.2) is 35.7 Å². The quantitative estimate of drug-likeness (QED) is 0.588. The molecule has 7 nitrogen and oxygen atoms in total. The first-order valence-corrected chi connectivity index (χ1v) is 12.1. The van der Waals surface area contributed by atoms with Gasteiger partial charge in [-0.25, -0.2) is 13.4 Å². The summed E-state index contributed by atoms with van der Waals surface area (Å²) in [6.45, 7) is 4.34. The summed E-state index contributed by atoms with van der Waals surface area (Å²) in [5.74, 6) is 0.0485. The Kier molecular flexibility index (Phi) is 7.80. The van der Waals surface area contributed by atoms with Gasteiger partial charge in [0.1, 0.15) is 0 Å². The fourth-order valence-corrected chi connectivity index (χ4v) is 5.00. The van der Waals surface area contributed by atoms with Crippen molar-refractivity contribution in [3.8, 4) is 0 Å². The van der Waals surface area contributed by atoms with Crippen LogP contribution in [0, 0.1) is 0 Å². The molecule has 3 heterocycles. The Hall–Kier alpha value is -1.77. The first kappa shape index (κ1) is 21.9. The third-order valence-electron chi connectivity index (χ3n) is 5.65. The molecule has 1 saturated heterocycles. The second kappa shape index (κ2) is 10.3. The van der Waals surface area contributed by atoms with E-state index in [-0.39, 0.29) is 10.9 Å². The van der Waals surface area contributed by atoms with Crippen molar-refractivity contribution in [1.29, 1.82) is 0 Å². The first-order valence-electron chi connectivity index (χ1n) is 10.4. The molecule has 0 bridgehead atoms. The summed E-state index contributed by atoms with van der Waals surface area (Å²) in [5, 5.41) is 0.161. The molecule has 0 saturated carbocycles. The second-order valence-corrected chi connectivity index (χ2v) is 9.73. The van der Waals surface area contributed by atoms with Crippen molar-refractivity contribution in [2.75, 3.05) is 26.0 Å². The largest absolute Gasteiger partial charge is 0.383 e. The van der Waals surface area contributed by atoms with E-state index in [0.717, 1.165) is 30.8 Å². The number of aryl methyl sites for hydroxylation is 1. The molecule has 1 fully saturated rings. The van der Waals surface area contributed by atoms with Crippen molar-refractivity contribution in [2.24, 2.45) is 0 Å². The van der Waals surface area contributed by atoms with Crippen LogP contribution in [0.4, 0.5) is 0 Å². The monoisotopic (exact) mass is 420 g/mol. The lowest BCUT2D eigenvalue weighted by Crippen LogP contribution is -2.39. The molecule has 0 N–H and O–H groups in total. The molecule has 2 aromatic rings. The van der Waals surface area contributed by atoms with Gasteiger partial charge in [-0.1, -0.05) is 19.4 Å². The van der Waals surface area contributed by atoms with E-state index in [4.69, 9.17) is 4.74 Å². The summed E-state index contributed by atoms with van der Waals surface area (Å²) in [5.41, 5.74) is 2.07. The highest BCUT2D eigenvalue weighted by Crippen LogP contribution is 2.24. The highest BCUT2D eigenvalue weighted by atomic mass is 32.2. The van der Waals surface area contributed by atoms with Gasteiger partial charge in [0.25, 0.3) is 0 Å². The van der Waals surface area contributed by atoms with Gasteiger partial charge in [-0.3, -0.25) is 9.88 Å². The maximum absolute atomic E-state index is 12.5. The van der Waals surface area contributed by atoms with Gasteiger partial charge >= 0.3 is 0 Å². The van der Waals surface area contributed by atoms with Gasteiger partial charge in [0.05, 0.1) is 24.3 Å². The van der Waals surface area contributed by atoms with E-state index in [1.807, 2.05) is 22.9 Å². The molecule has 0 radical (unpaired) electrons. The van der Waals surface area contributed by atoms with E-state index in [9.17, 15) is 8.42 Å². The van der Waals surface area contributed by atoms with E-state index in [1.54, 1.807) is 20.2 Å². The zero-order valence-corrected chi connectivity index (χ0v) is 18.3. The van der Waals surface area contributed by atoms with E-state index in [2.05, 4.69) is 20.9 Å². The number of hydrogen-bond donors (Lipinski definition) is 0.